The Morgan fingerprint density at radius 1 is 1.12 bits per heavy atom. The van der Waals surface area contributed by atoms with Crippen LogP contribution < -0.4 is 5.32 Å². The summed E-state index contributed by atoms with van der Waals surface area (Å²) in [6.07, 6.45) is 3.60. The fourth-order valence-electron chi connectivity index (χ4n) is 2.67. The van der Waals surface area contributed by atoms with E-state index < -0.39 is 0 Å². The molecule has 3 rings (SSSR count). The van der Waals surface area contributed by atoms with E-state index in [1.165, 1.54) is 5.56 Å². The van der Waals surface area contributed by atoms with Crippen LogP contribution in [-0.4, -0.2) is 15.5 Å². The van der Waals surface area contributed by atoms with Crippen LogP contribution in [0, 0.1) is 13.8 Å². The first-order chi connectivity index (χ1) is 12.0. The van der Waals surface area contributed by atoms with E-state index in [0.29, 0.717) is 13.1 Å². The largest absolute Gasteiger partial charge is 0.467 e. The number of nitrogens with one attached hydrogen (secondary N) is 1. The summed E-state index contributed by atoms with van der Waals surface area (Å²) >= 11 is 0. The molecule has 0 aliphatic heterocycles. The summed E-state index contributed by atoms with van der Waals surface area (Å²) in [5, 5.41) is 2.99. The van der Waals surface area contributed by atoms with Gasteiger partial charge in [0.05, 0.1) is 19.4 Å². The van der Waals surface area contributed by atoms with E-state index >= 15 is 0 Å². The first-order valence-electron chi connectivity index (χ1n) is 8.28. The number of amides is 2. The zero-order valence-electron chi connectivity index (χ0n) is 14.8. The molecule has 0 saturated carbocycles. The third-order valence-electron chi connectivity index (χ3n) is 4.38. The van der Waals surface area contributed by atoms with E-state index in [0.717, 1.165) is 22.7 Å². The maximum atomic E-state index is 12.8. The number of carbonyl (C=O) groups is 1. The lowest BCUT2D eigenvalue weighted by atomic mass is 10.1. The van der Waals surface area contributed by atoms with Gasteiger partial charge >= 0.3 is 6.03 Å². The molecule has 0 atom stereocenters. The van der Waals surface area contributed by atoms with Crippen molar-refractivity contribution < 1.29 is 9.21 Å². The van der Waals surface area contributed by atoms with Crippen LogP contribution in [0.25, 0.3) is 0 Å². The second-order valence-electron chi connectivity index (χ2n) is 6.28. The van der Waals surface area contributed by atoms with Gasteiger partial charge in [-0.2, -0.15) is 0 Å². The molecule has 1 N–H and O–H groups in total. The highest BCUT2D eigenvalue weighted by atomic mass is 16.3. The summed E-state index contributed by atoms with van der Waals surface area (Å²) in [6, 6.07) is 13.5. The van der Waals surface area contributed by atoms with Crippen molar-refractivity contribution in [2.75, 3.05) is 5.32 Å². The van der Waals surface area contributed by atoms with Gasteiger partial charge in [-0.05, 0) is 61.4 Å². The number of hydrogen-bond acceptors (Lipinski definition) is 2. The van der Waals surface area contributed by atoms with Gasteiger partial charge in [-0.25, -0.2) is 4.79 Å². The second kappa shape index (κ2) is 7.30. The van der Waals surface area contributed by atoms with Gasteiger partial charge in [0.15, 0.2) is 0 Å². The predicted molar refractivity (Wildman–Crippen MR) is 98.3 cm³/mol. The molecule has 5 heteroatoms. The van der Waals surface area contributed by atoms with E-state index in [1.807, 2.05) is 67.2 Å². The van der Waals surface area contributed by atoms with Crippen LogP contribution in [0.15, 0.2) is 59.3 Å². The number of urea groups is 1. The molecule has 5 nitrogen and oxygen atoms in total. The monoisotopic (exact) mass is 337 g/mol. The fraction of sp³-hybridized carbons (Fsp3) is 0.250. The van der Waals surface area contributed by atoms with E-state index in [9.17, 15) is 4.79 Å². The van der Waals surface area contributed by atoms with Gasteiger partial charge in [0.2, 0.25) is 0 Å². The Kier molecular flexibility index (Phi) is 4.93. The van der Waals surface area contributed by atoms with Gasteiger partial charge in [-0.3, -0.25) is 0 Å². The molecule has 3 aromatic rings. The van der Waals surface area contributed by atoms with E-state index in [2.05, 4.69) is 12.2 Å². The van der Waals surface area contributed by atoms with Crippen molar-refractivity contribution in [3.63, 3.8) is 0 Å². The number of aryl methyl sites for hydroxylation is 3. The van der Waals surface area contributed by atoms with Gasteiger partial charge in [0.1, 0.15) is 5.76 Å². The van der Waals surface area contributed by atoms with Crippen molar-refractivity contribution in [3.05, 3.63) is 77.5 Å². The molecular weight excluding hydrogens is 314 g/mol. The molecule has 25 heavy (non-hydrogen) atoms. The number of aromatic nitrogens is 1. The van der Waals surface area contributed by atoms with Crippen LogP contribution in [0.5, 0.6) is 0 Å². The lowest BCUT2D eigenvalue weighted by molar-refractivity contribution is 0.200. The number of nitrogens with zero attached hydrogens (tertiary/aromatic N) is 2. The van der Waals surface area contributed by atoms with Crippen LogP contribution in [-0.2, 0) is 20.1 Å². The zero-order chi connectivity index (χ0) is 17.8. The molecule has 0 bridgehead atoms. The third-order valence-corrected chi connectivity index (χ3v) is 4.38. The molecule has 0 fully saturated rings. The first kappa shape index (κ1) is 16.9. The van der Waals surface area contributed by atoms with Crippen molar-refractivity contribution in [3.8, 4) is 0 Å². The smallest absolute Gasteiger partial charge is 0.322 e. The number of benzene rings is 1. The summed E-state index contributed by atoms with van der Waals surface area (Å²) in [5.74, 6) is 0.754. The van der Waals surface area contributed by atoms with Crippen LogP contribution in [0.1, 0.15) is 22.6 Å². The van der Waals surface area contributed by atoms with E-state index in [-0.39, 0.29) is 6.03 Å². The molecule has 0 saturated heterocycles. The van der Waals surface area contributed by atoms with Crippen molar-refractivity contribution in [2.24, 2.45) is 7.05 Å². The Bertz CT molecular complexity index is 850. The lowest BCUT2D eigenvalue weighted by Gasteiger charge is -2.23. The van der Waals surface area contributed by atoms with Gasteiger partial charge in [-0.1, -0.05) is 6.07 Å². The number of carbonyl (C=O) groups excluding carboxylic acids is 1. The summed E-state index contributed by atoms with van der Waals surface area (Å²) < 4.78 is 7.43. The van der Waals surface area contributed by atoms with Gasteiger partial charge in [-0.15, -0.1) is 0 Å². The number of rotatable bonds is 5. The van der Waals surface area contributed by atoms with Gasteiger partial charge in [0.25, 0.3) is 0 Å². The summed E-state index contributed by atoms with van der Waals surface area (Å²) in [7, 11) is 1.97. The van der Waals surface area contributed by atoms with E-state index in [4.69, 9.17) is 4.42 Å². The minimum absolute atomic E-state index is 0.152. The van der Waals surface area contributed by atoms with Crippen LogP contribution in [0.2, 0.25) is 0 Å². The first-order valence-corrected chi connectivity index (χ1v) is 8.28. The topological polar surface area (TPSA) is 50.4 Å². The molecule has 0 unspecified atom stereocenters. The Balaban J connectivity index is 1.78. The SMILES string of the molecule is Cc1ccc(NC(=O)N(Cc2ccco2)Cc2cccn2C)cc1C. The van der Waals surface area contributed by atoms with Crippen molar-refractivity contribution in [1.29, 1.82) is 0 Å². The maximum Gasteiger partial charge on any atom is 0.322 e. The number of anilines is 1. The number of furan rings is 1. The highest BCUT2D eigenvalue weighted by Crippen LogP contribution is 2.17. The molecular formula is C20H23N3O2. The van der Waals surface area contributed by atoms with Crippen LogP contribution >= 0.6 is 0 Å². The normalized spacial score (nSPS) is 10.7. The summed E-state index contributed by atoms with van der Waals surface area (Å²) in [5.41, 5.74) is 4.21. The Hall–Kier alpha value is -2.95. The third kappa shape index (κ3) is 4.12. The Labute approximate surface area is 147 Å². The average Bonchev–Trinajstić information content (AvgIpc) is 3.23. The van der Waals surface area contributed by atoms with Crippen LogP contribution in [0.4, 0.5) is 10.5 Å². The highest BCUT2D eigenvalue weighted by molar-refractivity contribution is 5.89. The standard InChI is InChI=1S/C20H23N3O2/c1-15-8-9-17(12-16(15)2)21-20(24)23(14-19-7-5-11-25-19)13-18-6-4-10-22(18)3/h4-12H,13-14H2,1-3H3,(H,21,24). The molecule has 2 amide bonds. The Morgan fingerprint density at radius 2 is 1.96 bits per heavy atom. The molecule has 2 aromatic heterocycles. The minimum Gasteiger partial charge on any atom is -0.467 e. The number of hydrogen-bond donors (Lipinski definition) is 1. The molecule has 0 spiro atoms. The van der Waals surface area contributed by atoms with Gasteiger partial charge < -0.3 is 19.2 Å². The highest BCUT2D eigenvalue weighted by Gasteiger charge is 2.17. The molecule has 1 aromatic carbocycles. The quantitative estimate of drug-likeness (QED) is 0.747. The van der Waals surface area contributed by atoms with Crippen molar-refractivity contribution >= 4 is 11.7 Å². The van der Waals surface area contributed by atoms with E-state index in [1.54, 1.807) is 11.2 Å². The second-order valence-corrected chi connectivity index (χ2v) is 6.28. The summed E-state index contributed by atoms with van der Waals surface area (Å²) in [6.45, 7) is 5.00. The molecule has 2 heterocycles. The summed E-state index contributed by atoms with van der Waals surface area (Å²) in [4.78, 5) is 14.6. The van der Waals surface area contributed by atoms with Crippen molar-refractivity contribution in [2.45, 2.75) is 26.9 Å². The fourth-order valence-corrected chi connectivity index (χ4v) is 2.67. The van der Waals surface area contributed by atoms with Crippen molar-refractivity contribution in [1.82, 2.24) is 9.47 Å². The Morgan fingerprint density at radius 3 is 2.60 bits per heavy atom. The predicted octanol–water partition coefficient (Wildman–Crippen LogP) is 4.47. The maximum absolute atomic E-state index is 12.8. The van der Waals surface area contributed by atoms with Crippen LogP contribution in [0.3, 0.4) is 0 Å². The average molecular weight is 337 g/mol. The zero-order valence-corrected chi connectivity index (χ0v) is 14.8. The molecule has 130 valence electrons. The minimum atomic E-state index is -0.152. The molecule has 0 aliphatic rings. The lowest BCUT2D eigenvalue weighted by Crippen LogP contribution is -2.34. The molecule has 0 radical (unpaired) electrons. The molecule has 0 aliphatic carbocycles. The van der Waals surface area contributed by atoms with Gasteiger partial charge in [0, 0.05) is 24.6 Å².